The van der Waals surface area contributed by atoms with Gasteiger partial charge in [-0.25, -0.2) is 4.79 Å². The van der Waals surface area contributed by atoms with Gasteiger partial charge < -0.3 is 18.9 Å². The van der Waals surface area contributed by atoms with E-state index in [9.17, 15) is 32.3 Å². The lowest BCUT2D eigenvalue weighted by Gasteiger charge is -2.47. The van der Waals surface area contributed by atoms with E-state index in [1.807, 2.05) is 42.4 Å². The van der Waals surface area contributed by atoms with E-state index in [4.69, 9.17) is 18.9 Å². The summed E-state index contributed by atoms with van der Waals surface area (Å²) in [6, 6.07) is 2.13. The molecule has 1 aromatic carbocycles. The van der Waals surface area contributed by atoms with Crippen LogP contribution in [0.3, 0.4) is 0 Å². The minimum absolute atomic E-state index is 0.00178. The number of esters is 4. The van der Waals surface area contributed by atoms with Gasteiger partial charge >= 0.3 is 30.1 Å². The van der Waals surface area contributed by atoms with Gasteiger partial charge in [0.05, 0.1) is 52.1 Å². The van der Waals surface area contributed by atoms with Crippen molar-refractivity contribution < 1.29 is 51.3 Å². The number of carbonyl (C=O) groups excluding carboxylic acids is 4. The van der Waals surface area contributed by atoms with Gasteiger partial charge in [-0.15, -0.1) is 0 Å². The molecular weight excluding hydrogens is 697 g/mol. The van der Waals surface area contributed by atoms with Crippen LogP contribution in [0.5, 0.6) is 0 Å². The summed E-state index contributed by atoms with van der Waals surface area (Å²) in [7, 11) is 1.24. The maximum Gasteiger partial charge on any atom is 0.416 e. The Labute approximate surface area is 313 Å². The van der Waals surface area contributed by atoms with Crippen molar-refractivity contribution in [2.24, 2.45) is 0 Å². The SMILES string of the molecule is CCOC(=O)CN1C[C@@H](CC)N(CC(=O)OCC)C[C@@H](CC)N(C(C(=O)OC)c2ccc(C(F)(F)F)cc2)C[C@@H](CC)N(CC(=O)OCC)C[C@H]1CC. The summed E-state index contributed by atoms with van der Waals surface area (Å²) in [5.41, 5.74) is -0.528. The first-order valence-electron chi connectivity index (χ1n) is 18.9. The van der Waals surface area contributed by atoms with Crippen molar-refractivity contribution in [2.45, 2.75) is 111 Å². The fourth-order valence-electron chi connectivity index (χ4n) is 7.07. The Bertz CT molecular complexity index is 1270. The number of rotatable bonds is 16. The zero-order valence-electron chi connectivity index (χ0n) is 32.8. The van der Waals surface area contributed by atoms with Gasteiger partial charge in [0.1, 0.15) is 6.04 Å². The van der Waals surface area contributed by atoms with Crippen molar-refractivity contribution in [1.29, 1.82) is 0 Å². The molecule has 302 valence electrons. The van der Waals surface area contributed by atoms with Crippen LogP contribution < -0.4 is 0 Å². The van der Waals surface area contributed by atoms with Gasteiger partial charge in [0.2, 0.25) is 0 Å². The van der Waals surface area contributed by atoms with Gasteiger partial charge in [-0.05, 0) is 64.2 Å². The third kappa shape index (κ3) is 13.8. The van der Waals surface area contributed by atoms with Crippen molar-refractivity contribution >= 4 is 23.9 Å². The quantitative estimate of drug-likeness (QED) is 0.168. The number of carbonyl (C=O) groups is 4. The van der Waals surface area contributed by atoms with E-state index in [-0.39, 0.29) is 76.6 Å². The standard InChI is InChI=1S/C38H61F3N4O8/c1-9-29-21-43(25-34(47)52-14-6)31(11-3)23-45(36(37(49)50-8)27-16-18-28(19-17-27)38(39,40)41)32(12-4)22-44(26-35(48)53-15-7)30(10-2)20-42(29)24-33(46)51-13-5/h16-19,29-32,36H,9-15,20-26H2,1-8H3/t29-,30-,31-,32-,36?/m1/s1. The number of hydrogen-bond donors (Lipinski definition) is 0. The molecule has 0 spiro atoms. The molecule has 53 heavy (non-hydrogen) atoms. The molecule has 1 aliphatic heterocycles. The number of benzene rings is 1. The summed E-state index contributed by atoms with van der Waals surface area (Å²) in [4.78, 5) is 61.1. The maximum absolute atomic E-state index is 13.8. The fourth-order valence-corrected chi connectivity index (χ4v) is 7.07. The molecule has 12 nitrogen and oxygen atoms in total. The molecule has 1 heterocycles. The predicted octanol–water partition coefficient (Wildman–Crippen LogP) is 4.94. The molecule has 1 unspecified atom stereocenters. The van der Waals surface area contributed by atoms with Crippen molar-refractivity contribution in [3.05, 3.63) is 35.4 Å². The highest BCUT2D eigenvalue weighted by Gasteiger charge is 2.40. The van der Waals surface area contributed by atoms with Crippen LogP contribution in [-0.2, 0) is 44.3 Å². The van der Waals surface area contributed by atoms with Gasteiger partial charge in [-0.2, -0.15) is 13.2 Å². The Kier molecular flexibility index (Phi) is 19.8. The molecule has 0 aliphatic carbocycles. The molecule has 0 radical (unpaired) electrons. The van der Waals surface area contributed by atoms with Crippen LogP contribution in [0.25, 0.3) is 0 Å². The third-order valence-electron chi connectivity index (χ3n) is 9.88. The Morgan fingerprint density at radius 1 is 0.623 bits per heavy atom. The molecule has 0 N–H and O–H groups in total. The molecule has 15 heteroatoms. The van der Waals surface area contributed by atoms with Crippen molar-refractivity contribution in [3.8, 4) is 0 Å². The Morgan fingerprint density at radius 2 is 0.981 bits per heavy atom. The Hall–Kier alpha value is -3.27. The van der Waals surface area contributed by atoms with Crippen LogP contribution in [0, 0.1) is 0 Å². The highest BCUT2D eigenvalue weighted by atomic mass is 19.4. The van der Waals surface area contributed by atoms with Crippen LogP contribution in [0.4, 0.5) is 13.2 Å². The first-order chi connectivity index (χ1) is 25.2. The molecule has 1 aromatic rings. The van der Waals surface area contributed by atoms with Crippen LogP contribution in [0.15, 0.2) is 24.3 Å². The number of halogens is 3. The minimum Gasteiger partial charge on any atom is -0.468 e. The van der Waals surface area contributed by atoms with Crippen molar-refractivity contribution in [1.82, 2.24) is 19.6 Å². The summed E-state index contributed by atoms with van der Waals surface area (Å²) in [5.74, 6) is -1.90. The number of alkyl halides is 3. The molecule has 0 bridgehead atoms. The van der Waals surface area contributed by atoms with Crippen molar-refractivity contribution in [2.75, 3.05) is 72.7 Å². The molecular formula is C38H61F3N4O8. The molecule has 5 atom stereocenters. The molecule has 0 aromatic heterocycles. The van der Waals surface area contributed by atoms with Gasteiger partial charge in [0.15, 0.2) is 0 Å². The summed E-state index contributed by atoms with van der Waals surface area (Å²) in [5, 5.41) is 0. The minimum atomic E-state index is -4.57. The fraction of sp³-hybridized carbons (Fsp3) is 0.737. The second kappa shape index (κ2) is 22.8. The highest BCUT2D eigenvalue weighted by Crippen LogP contribution is 2.33. The van der Waals surface area contributed by atoms with E-state index in [2.05, 4.69) is 4.90 Å². The van der Waals surface area contributed by atoms with Crippen LogP contribution in [-0.4, -0.2) is 140 Å². The smallest absolute Gasteiger partial charge is 0.416 e. The maximum atomic E-state index is 13.8. The van der Waals surface area contributed by atoms with Gasteiger partial charge in [0, 0.05) is 50.3 Å². The van der Waals surface area contributed by atoms with E-state index >= 15 is 0 Å². The highest BCUT2D eigenvalue weighted by molar-refractivity contribution is 5.78. The van der Waals surface area contributed by atoms with Crippen LogP contribution >= 0.6 is 0 Å². The van der Waals surface area contributed by atoms with E-state index in [1.54, 1.807) is 20.8 Å². The summed E-state index contributed by atoms with van der Waals surface area (Å²) in [6.45, 7) is 14.8. The molecule has 1 saturated heterocycles. The lowest BCUT2D eigenvalue weighted by molar-refractivity contribution is -0.152. The zero-order valence-corrected chi connectivity index (χ0v) is 32.8. The van der Waals surface area contributed by atoms with E-state index in [1.165, 1.54) is 19.2 Å². The molecule has 0 amide bonds. The first-order valence-corrected chi connectivity index (χ1v) is 18.9. The second-order valence-corrected chi connectivity index (χ2v) is 13.2. The number of nitrogens with zero attached hydrogens (tertiary/aromatic N) is 4. The number of methoxy groups -OCH3 is 1. The van der Waals surface area contributed by atoms with Gasteiger partial charge in [0.25, 0.3) is 0 Å². The lowest BCUT2D eigenvalue weighted by Crippen LogP contribution is -2.60. The predicted molar refractivity (Wildman–Crippen MR) is 194 cm³/mol. The molecule has 1 fully saturated rings. The lowest BCUT2D eigenvalue weighted by atomic mass is 9.97. The molecule has 1 aliphatic rings. The van der Waals surface area contributed by atoms with Crippen LogP contribution in [0.1, 0.15) is 91.3 Å². The number of hydrogen-bond acceptors (Lipinski definition) is 12. The van der Waals surface area contributed by atoms with E-state index in [0.717, 1.165) is 12.1 Å². The average molecular weight is 759 g/mol. The van der Waals surface area contributed by atoms with Gasteiger partial charge in [-0.3, -0.25) is 34.0 Å². The normalized spacial score (nSPS) is 22.2. The van der Waals surface area contributed by atoms with E-state index < -0.39 is 41.7 Å². The zero-order chi connectivity index (χ0) is 39.7. The summed E-state index contributed by atoms with van der Waals surface area (Å²) in [6.07, 6.45) is -2.34. The number of ether oxygens (including phenoxy) is 4. The summed E-state index contributed by atoms with van der Waals surface area (Å²) >= 11 is 0. The van der Waals surface area contributed by atoms with Crippen LogP contribution in [0.2, 0.25) is 0 Å². The third-order valence-corrected chi connectivity index (χ3v) is 9.88. The second-order valence-electron chi connectivity index (χ2n) is 13.2. The molecule has 0 saturated carbocycles. The monoisotopic (exact) mass is 758 g/mol. The topological polar surface area (TPSA) is 118 Å². The van der Waals surface area contributed by atoms with Crippen molar-refractivity contribution in [3.63, 3.8) is 0 Å². The molecule has 2 rings (SSSR count). The largest absolute Gasteiger partial charge is 0.468 e. The summed E-state index contributed by atoms with van der Waals surface area (Å²) < 4.78 is 62.3. The van der Waals surface area contributed by atoms with E-state index in [0.29, 0.717) is 44.3 Å². The average Bonchev–Trinajstić information content (AvgIpc) is 3.11. The first kappa shape index (κ1) is 45.9. The Balaban J connectivity index is 2.90. The van der Waals surface area contributed by atoms with Gasteiger partial charge in [-0.1, -0.05) is 39.8 Å². The Morgan fingerprint density at radius 3 is 1.30 bits per heavy atom.